The predicted octanol–water partition coefficient (Wildman–Crippen LogP) is 3.90. The summed E-state index contributed by atoms with van der Waals surface area (Å²) >= 11 is 0. The van der Waals surface area contributed by atoms with Crippen LogP contribution in [-0.2, 0) is 17.6 Å². The minimum atomic E-state index is -0.519. The molecule has 1 amide bonds. The summed E-state index contributed by atoms with van der Waals surface area (Å²) in [5.74, 6) is 0.127. The second-order valence-electron chi connectivity index (χ2n) is 7.44. The number of benzene rings is 2. The normalized spacial score (nSPS) is 15.9. The van der Waals surface area contributed by atoms with Crippen LogP contribution in [0.4, 0.5) is 4.79 Å². The van der Waals surface area contributed by atoms with Crippen LogP contribution in [0.1, 0.15) is 42.3 Å². The SMILES string of the molecule is CC(C)(C)OC(=O)NC1Cc2ccc(OC(=O)c3ccccc3)cc2C1. The van der Waals surface area contributed by atoms with E-state index in [1.54, 1.807) is 30.3 Å². The van der Waals surface area contributed by atoms with Gasteiger partial charge in [-0.25, -0.2) is 9.59 Å². The molecule has 0 fully saturated rings. The highest BCUT2D eigenvalue weighted by molar-refractivity contribution is 5.91. The van der Waals surface area contributed by atoms with E-state index in [4.69, 9.17) is 9.47 Å². The molecule has 0 aromatic heterocycles. The molecular formula is C21H23NO4. The van der Waals surface area contributed by atoms with Gasteiger partial charge in [0.15, 0.2) is 0 Å². The van der Waals surface area contributed by atoms with E-state index in [0.717, 1.165) is 17.5 Å². The highest BCUT2D eigenvalue weighted by Gasteiger charge is 2.26. The van der Waals surface area contributed by atoms with Crippen molar-refractivity contribution >= 4 is 12.1 Å². The number of nitrogens with one attached hydrogen (secondary N) is 1. The molecule has 0 bridgehead atoms. The van der Waals surface area contributed by atoms with Gasteiger partial charge in [0.2, 0.25) is 0 Å². The Labute approximate surface area is 153 Å². The zero-order chi connectivity index (χ0) is 18.7. The van der Waals surface area contributed by atoms with Gasteiger partial charge in [-0.2, -0.15) is 0 Å². The molecule has 2 aromatic rings. The molecule has 0 saturated heterocycles. The topological polar surface area (TPSA) is 64.6 Å². The monoisotopic (exact) mass is 353 g/mol. The molecule has 0 saturated carbocycles. The van der Waals surface area contributed by atoms with Gasteiger partial charge < -0.3 is 14.8 Å². The van der Waals surface area contributed by atoms with E-state index in [1.807, 2.05) is 39.0 Å². The van der Waals surface area contributed by atoms with Crippen LogP contribution in [0.15, 0.2) is 48.5 Å². The quantitative estimate of drug-likeness (QED) is 0.671. The second-order valence-corrected chi connectivity index (χ2v) is 7.44. The number of carbonyl (C=O) groups is 2. The number of esters is 1. The van der Waals surface area contributed by atoms with Crippen molar-refractivity contribution in [3.05, 3.63) is 65.2 Å². The third kappa shape index (κ3) is 4.63. The molecule has 26 heavy (non-hydrogen) atoms. The molecule has 1 N–H and O–H groups in total. The number of amides is 1. The number of ether oxygens (including phenoxy) is 2. The lowest BCUT2D eigenvalue weighted by Gasteiger charge is -2.21. The van der Waals surface area contributed by atoms with E-state index in [2.05, 4.69) is 5.32 Å². The van der Waals surface area contributed by atoms with Crippen LogP contribution < -0.4 is 10.1 Å². The largest absolute Gasteiger partial charge is 0.444 e. The Morgan fingerprint density at radius 1 is 1.00 bits per heavy atom. The Morgan fingerprint density at radius 3 is 2.38 bits per heavy atom. The number of hydrogen-bond acceptors (Lipinski definition) is 4. The van der Waals surface area contributed by atoms with E-state index in [1.165, 1.54) is 0 Å². The maximum absolute atomic E-state index is 12.2. The van der Waals surface area contributed by atoms with Crippen LogP contribution in [0, 0.1) is 0 Å². The molecule has 1 atom stereocenters. The van der Waals surface area contributed by atoms with Gasteiger partial charge in [0.25, 0.3) is 0 Å². The fourth-order valence-electron chi connectivity index (χ4n) is 2.97. The third-order valence-corrected chi connectivity index (χ3v) is 4.05. The van der Waals surface area contributed by atoms with Gasteiger partial charge in [-0.1, -0.05) is 24.3 Å². The van der Waals surface area contributed by atoms with Gasteiger partial charge in [-0.15, -0.1) is 0 Å². The van der Waals surface area contributed by atoms with Crippen molar-refractivity contribution in [3.63, 3.8) is 0 Å². The first-order chi connectivity index (χ1) is 12.3. The molecule has 5 heteroatoms. The molecule has 0 heterocycles. The van der Waals surface area contributed by atoms with Crippen molar-refractivity contribution in [3.8, 4) is 5.75 Å². The van der Waals surface area contributed by atoms with Crippen molar-refractivity contribution in [1.29, 1.82) is 0 Å². The van der Waals surface area contributed by atoms with Gasteiger partial charge in [0, 0.05) is 6.04 Å². The van der Waals surface area contributed by atoms with E-state index in [9.17, 15) is 9.59 Å². The first-order valence-corrected chi connectivity index (χ1v) is 8.69. The van der Waals surface area contributed by atoms with Crippen molar-refractivity contribution in [2.75, 3.05) is 0 Å². The Kier molecular flexibility index (Phi) is 4.98. The summed E-state index contributed by atoms with van der Waals surface area (Å²) < 4.78 is 10.8. The molecular weight excluding hydrogens is 330 g/mol. The molecule has 1 unspecified atom stereocenters. The molecule has 136 valence electrons. The van der Waals surface area contributed by atoms with E-state index >= 15 is 0 Å². The van der Waals surface area contributed by atoms with Crippen molar-refractivity contribution < 1.29 is 19.1 Å². The lowest BCUT2D eigenvalue weighted by molar-refractivity contribution is 0.0506. The number of hydrogen-bond donors (Lipinski definition) is 1. The summed E-state index contributed by atoms with van der Waals surface area (Å²) in [7, 11) is 0. The highest BCUT2D eigenvalue weighted by atomic mass is 16.6. The molecule has 1 aliphatic rings. The zero-order valence-electron chi connectivity index (χ0n) is 15.2. The Bertz CT molecular complexity index is 809. The average Bonchev–Trinajstić information content (AvgIpc) is 2.95. The summed E-state index contributed by atoms with van der Waals surface area (Å²) in [5, 5.41) is 2.90. The number of carbonyl (C=O) groups excluding carboxylic acids is 2. The second kappa shape index (κ2) is 7.20. The van der Waals surface area contributed by atoms with Crippen molar-refractivity contribution in [1.82, 2.24) is 5.32 Å². The van der Waals surface area contributed by atoms with Crippen LogP contribution >= 0.6 is 0 Å². The standard InChI is InChI=1S/C21H23NO4/c1-21(2,3)26-20(24)22-17-11-15-9-10-18(13-16(15)12-17)25-19(23)14-7-5-4-6-8-14/h4-10,13,17H,11-12H2,1-3H3,(H,22,24). The molecule has 0 aliphatic heterocycles. The lowest BCUT2D eigenvalue weighted by atomic mass is 10.1. The molecule has 0 spiro atoms. The highest BCUT2D eigenvalue weighted by Crippen LogP contribution is 2.27. The van der Waals surface area contributed by atoms with E-state index < -0.39 is 11.7 Å². The van der Waals surface area contributed by atoms with Crippen LogP contribution in [0.5, 0.6) is 5.75 Å². The van der Waals surface area contributed by atoms with E-state index in [-0.39, 0.29) is 12.0 Å². The Balaban J connectivity index is 1.61. The predicted molar refractivity (Wildman–Crippen MR) is 98.4 cm³/mol. The lowest BCUT2D eigenvalue weighted by Crippen LogP contribution is -2.39. The molecule has 5 nitrogen and oxygen atoms in total. The minimum absolute atomic E-state index is 0.0140. The zero-order valence-corrected chi connectivity index (χ0v) is 15.2. The summed E-state index contributed by atoms with van der Waals surface area (Å²) in [4.78, 5) is 24.1. The smallest absolute Gasteiger partial charge is 0.407 e. The Hall–Kier alpha value is -2.82. The molecule has 2 aromatic carbocycles. The Morgan fingerprint density at radius 2 is 1.69 bits per heavy atom. The first kappa shape index (κ1) is 18.0. The molecule has 3 rings (SSSR count). The fourth-order valence-corrected chi connectivity index (χ4v) is 2.97. The number of rotatable bonds is 3. The van der Waals surface area contributed by atoms with Gasteiger partial charge in [-0.05, 0) is 69.0 Å². The summed E-state index contributed by atoms with van der Waals surface area (Å²) in [6.07, 6.45) is 1.01. The van der Waals surface area contributed by atoms with Crippen LogP contribution in [0.3, 0.4) is 0 Å². The molecule has 1 aliphatic carbocycles. The number of fused-ring (bicyclic) bond motifs is 1. The fraction of sp³-hybridized carbons (Fsp3) is 0.333. The summed E-state index contributed by atoms with van der Waals surface area (Å²) in [6, 6.07) is 14.5. The maximum atomic E-state index is 12.2. The number of alkyl carbamates (subject to hydrolysis) is 1. The van der Waals surface area contributed by atoms with Gasteiger partial charge in [-0.3, -0.25) is 0 Å². The first-order valence-electron chi connectivity index (χ1n) is 8.69. The third-order valence-electron chi connectivity index (χ3n) is 4.05. The van der Waals surface area contributed by atoms with Crippen LogP contribution in [0.2, 0.25) is 0 Å². The molecule has 0 radical (unpaired) electrons. The van der Waals surface area contributed by atoms with Gasteiger partial charge >= 0.3 is 12.1 Å². The maximum Gasteiger partial charge on any atom is 0.407 e. The summed E-state index contributed by atoms with van der Waals surface area (Å²) in [5.41, 5.74) is 2.21. The summed E-state index contributed by atoms with van der Waals surface area (Å²) in [6.45, 7) is 5.51. The van der Waals surface area contributed by atoms with Crippen LogP contribution in [-0.4, -0.2) is 23.7 Å². The van der Waals surface area contributed by atoms with E-state index in [0.29, 0.717) is 17.7 Å². The van der Waals surface area contributed by atoms with Gasteiger partial charge in [0.1, 0.15) is 11.4 Å². The average molecular weight is 353 g/mol. The van der Waals surface area contributed by atoms with Crippen LogP contribution in [0.25, 0.3) is 0 Å². The van der Waals surface area contributed by atoms with Crippen molar-refractivity contribution in [2.45, 2.75) is 45.3 Å². The van der Waals surface area contributed by atoms with Crippen molar-refractivity contribution in [2.24, 2.45) is 0 Å². The van der Waals surface area contributed by atoms with Gasteiger partial charge in [0.05, 0.1) is 5.56 Å². The minimum Gasteiger partial charge on any atom is -0.444 e.